The SMILES string of the molecule is CC(C)Nc1ccc(OCc2ccc(Cl)cc2)cc1. The lowest BCUT2D eigenvalue weighted by atomic mass is 10.2. The lowest BCUT2D eigenvalue weighted by Crippen LogP contribution is -2.09. The third kappa shape index (κ3) is 4.49. The molecule has 0 bridgehead atoms. The second-order valence-corrected chi connectivity index (χ2v) is 5.17. The number of halogens is 1. The summed E-state index contributed by atoms with van der Waals surface area (Å²) >= 11 is 5.84. The molecule has 0 atom stereocenters. The van der Waals surface area contributed by atoms with Gasteiger partial charge in [-0.25, -0.2) is 0 Å². The van der Waals surface area contributed by atoms with Gasteiger partial charge in [0.2, 0.25) is 0 Å². The maximum absolute atomic E-state index is 5.84. The van der Waals surface area contributed by atoms with Crippen molar-refractivity contribution in [3.8, 4) is 5.75 Å². The number of benzene rings is 2. The Balaban J connectivity index is 1.91. The third-order valence-corrected chi connectivity index (χ3v) is 2.88. The summed E-state index contributed by atoms with van der Waals surface area (Å²) in [6.45, 7) is 4.78. The van der Waals surface area contributed by atoms with Gasteiger partial charge in [-0.1, -0.05) is 23.7 Å². The average molecular weight is 276 g/mol. The highest BCUT2D eigenvalue weighted by Crippen LogP contribution is 2.18. The molecule has 0 unspecified atom stereocenters. The molecule has 0 aromatic heterocycles. The predicted octanol–water partition coefficient (Wildman–Crippen LogP) is 4.74. The maximum atomic E-state index is 5.84. The molecule has 0 amide bonds. The highest BCUT2D eigenvalue weighted by molar-refractivity contribution is 6.30. The standard InChI is InChI=1S/C16H18ClNO/c1-12(2)18-15-7-9-16(10-8-15)19-11-13-3-5-14(17)6-4-13/h3-10,12,18H,11H2,1-2H3. The monoisotopic (exact) mass is 275 g/mol. The molecule has 1 N–H and O–H groups in total. The Morgan fingerprint density at radius 3 is 2.21 bits per heavy atom. The van der Waals surface area contributed by atoms with Crippen LogP contribution in [0.25, 0.3) is 0 Å². The van der Waals surface area contributed by atoms with E-state index in [1.165, 1.54) is 0 Å². The van der Waals surface area contributed by atoms with E-state index in [0.717, 1.165) is 22.0 Å². The molecule has 0 saturated heterocycles. The molecule has 2 aromatic rings. The van der Waals surface area contributed by atoms with Gasteiger partial charge in [-0.2, -0.15) is 0 Å². The van der Waals surface area contributed by atoms with E-state index in [9.17, 15) is 0 Å². The van der Waals surface area contributed by atoms with Gasteiger partial charge in [-0.05, 0) is 55.8 Å². The summed E-state index contributed by atoms with van der Waals surface area (Å²) < 4.78 is 5.72. The molecule has 0 radical (unpaired) electrons. The second kappa shape index (κ2) is 6.48. The lowest BCUT2D eigenvalue weighted by Gasteiger charge is -2.11. The van der Waals surface area contributed by atoms with Crippen molar-refractivity contribution in [2.24, 2.45) is 0 Å². The van der Waals surface area contributed by atoms with Gasteiger partial charge in [0, 0.05) is 16.8 Å². The number of ether oxygens (including phenoxy) is 1. The van der Waals surface area contributed by atoms with E-state index in [4.69, 9.17) is 16.3 Å². The van der Waals surface area contributed by atoms with Gasteiger partial charge >= 0.3 is 0 Å². The first-order valence-corrected chi connectivity index (χ1v) is 6.75. The van der Waals surface area contributed by atoms with E-state index < -0.39 is 0 Å². The molecule has 0 aliphatic carbocycles. The molecule has 0 saturated carbocycles. The molecule has 0 heterocycles. The van der Waals surface area contributed by atoms with E-state index in [1.807, 2.05) is 48.5 Å². The molecule has 3 heteroatoms. The van der Waals surface area contributed by atoms with Crippen molar-refractivity contribution < 1.29 is 4.74 Å². The first-order valence-electron chi connectivity index (χ1n) is 6.37. The predicted molar refractivity (Wildman–Crippen MR) is 81.0 cm³/mol. The highest BCUT2D eigenvalue weighted by atomic mass is 35.5. The molecule has 2 rings (SSSR count). The zero-order valence-electron chi connectivity index (χ0n) is 11.2. The molecular weight excluding hydrogens is 258 g/mol. The molecule has 0 aliphatic heterocycles. The van der Waals surface area contributed by atoms with Gasteiger partial charge < -0.3 is 10.1 Å². The van der Waals surface area contributed by atoms with Gasteiger partial charge in [-0.3, -0.25) is 0 Å². The van der Waals surface area contributed by atoms with E-state index in [0.29, 0.717) is 12.6 Å². The van der Waals surface area contributed by atoms with Crippen LogP contribution in [-0.4, -0.2) is 6.04 Å². The molecule has 2 nitrogen and oxygen atoms in total. The minimum Gasteiger partial charge on any atom is -0.489 e. The molecular formula is C16H18ClNO. The van der Waals surface area contributed by atoms with Crippen molar-refractivity contribution in [2.45, 2.75) is 26.5 Å². The number of anilines is 1. The fraction of sp³-hybridized carbons (Fsp3) is 0.250. The van der Waals surface area contributed by atoms with Crippen LogP contribution >= 0.6 is 11.6 Å². The fourth-order valence-electron chi connectivity index (χ4n) is 1.73. The van der Waals surface area contributed by atoms with Crippen molar-refractivity contribution >= 4 is 17.3 Å². The van der Waals surface area contributed by atoms with Gasteiger partial charge in [-0.15, -0.1) is 0 Å². The van der Waals surface area contributed by atoms with Crippen molar-refractivity contribution in [2.75, 3.05) is 5.32 Å². The van der Waals surface area contributed by atoms with Crippen LogP contribution in [0.4, 0.5) is 5.69 Å². The van der Waals surface area contributed by atoms with Crippen molar-refractivity contribution in [3.63, 3.8) is 0 Å². The maximum Gasteiger partial charge on any atom is 0.119 e. The number of nitrogens with one attached hydrogen (secondary N) is 1. The summed E-state index contributed by atoms with van der Waals surface area (Å²) in [6.07, 6.45) is 0. The van der Waals surface area contributed by atoms with Crippen LogP contribution in [0.2, 0.25) is 5.02 Å². The van der Waals surface area contributed by atoms with Crippen LogP contribution in [0, 0.1) is 0 Å². The lowest BCUT2D eigenvalue weighted by molar-refractivity contribution is 0.306. The Morgan fingerprint density at radius 1 is 1.00 bits per heavy atom. The fourth-order valence-corrected chi connectivity index (χ4v) is 1.85. The first kappa shape index (κ1) is 13.8. The summed E-state index contributed by atoms with van der Waals surface area (Å²) in [5.74, 6) is 0.865. The van der Waals surface area contributed by atoms with E-state index in [1.54, 1.807) is 0 Å². The minimum absolute atomic E-state index is 0.431. The Hall–Kier alpha value is -1.67. The molecule has 0 aliphatic rings. The summed E-state index contributed by atoms with van der Waals surface area (Å²) in [5.41, 5.74) is 2.21. The van der Waals surface area contributed by atoms with Crippen LogP contribution in [-0.2, 0) is 6.61 Å². The third-order valence-electron chi connectivity index (χ3n) is 2.63. The Kier molecular flexibility index (Phi) is 4.69. The van der Waals surface area contributed by atoms with Crippen LogP contribution in [0.3, 0.4) is 0 Å². The minimum atomic E-state index is 0.431. The number of rotatable bonds is 5. The van der Waals surface area contributed by atoms with Crippen LogP contribution in [0.5, 0.6) is 5.75 Å². The largest absolute Gasteiger partial charge is 0.489 e. The van der Waals surface area contributed by atoms with Crippen LogP contribution < -0.4 is 10.1 Å². The number of hydrogen-bond acceptors (Lipinski definition) is 2. The van der Waals surface area contributed by atoms with Gasteiger partial charge in [0.1, 0.15) is 12.4 Å². The Bertz CT molecular complexity index is 505. The Morgan fingerprint density at radius 2 is 1.63 bits per heavy atom. The average Bonchev–Trinajstić information content (AvgIpc) is 2.39. The van der Waals surface area contributed by atoms with Crippen molar-refractivity contribution in [3.05, 3.63) is 59.1 Å². The molecule has 0 fully saturated rings. The smallest absolute Gasteiger partial charge is 0.119 e. The zero-order chi connectivity index (χ0) is 13.7. The second-order valence-electron chi connectivity index (χ2n) is 4.74. The summed E-state index contributed by atoms with van der Waals surface area (Å²) in [7, 11) is 0. The van der Waals surface area contributed by atoms with Crippen molar-refractivity contribution in [1.82, 2.24) is 0 Å². The van der Waals surface area contributed by atoms with Crippen LogP contribution in [0.1, 0.15) is 19.4 Å². The summed E-state index contributed by atoms with van der Waals surface area (Å²) in [6, 6.07) is 16.1. The van der Waals surface area contributed by atoms with E-state index >= 15 is 0 Å². The van der Waals surface area contributed by atoms with E-state index in [2.05, 4.69) is 19.2 Å². The zero-order valence-corrected chi connectivity index (χ0v) is 11.9. The molecule has 0 spiro atoms. The van der Waals surface area contributed by atoms with Gasteiger partial charge in [0.15, 0.2) is 0 Å². The van der Waals surface area contributed by atoms with Crippen LogP contribution in [0.15, 0.2) is 48.5 Å². The quantitative estimate of drug-likeness (QED) is 0.851. The highest BCUT2D eigenvalue weighted by Gasteiger charge is 1.98. The molecule has 2 aromatic carbocycles. The summed E-state index contributed by atoms with van der Waals surface area (Å²) in [4.78, 5) is 0. The van der Waals surface area contributed by atoms with Gasteiger partial charge in [0.05, 0.1) is 0 Å². The van der Waals surface area contributed by atoms with Crippen molar-refractivity contribution in [1.29, 1.82) is 0 Å². The molecule has 100 valence electrons. The molecule has 19 heavy (non-hydrogen) atoms. The normalized spacial score (nSPS) is 10.5. The Labute approximate surface area is 119 Å². The van der Waals surface area contributed by atoms with E-state index in [-0.39, 0.29) is 0 Å². The number of hydrogen-bond donors (Lipinski definition) is 1. The first-order chi connectivity index (χ1) is 9.13. The van der Waals surface area contributed by atoms with Gasteiger partial charge in [0.25, 0.3) is 0 Å². The summed E-state index contributed by atoms with van der Waals surface area (Å²) in [5, 5.41) is 4.09. The topological polar surface area (TPSA) is 21.3 Å².